The Morgan fingerprint density at radius 3 is 3.00 bits per heavy atom. The van der Waals surface area contributed by atoms with Crippen LogP contribution in [0.1, 0.15) is 32.3 Å². The lowest BCUT2D eigenvalue weighted by atomic mass is 10.1. The van der Waals surface area contributed by atoms with E-state index in [4.69, 9.17) is 0 Å². The fourth-order valence-electron chi connectivity index (χ4n) is 2.80. The van der Waals surface area contributed by atoms with Crippen LogP contribution in [-0.2, 0) is 4.79 Å². The molecule has 1 aliphatic heterocycles. The van der Waals surface area contributed by atoms with Gasteiger partial charge in [-0.1, -0.05) is 12.1 Å². The molecule has 2 N–H and O–H groups in total. The molecule has 0 saturated carbocycles. The van der Waals surface area contributed by atoms with E-state index in [1.807, 2.05) is 31.2 Å². The predicted octanol–water partition coefficient (Wildman–Crippen LogP) is 2.40. The summed E-state index contributed by atoms with van der Waals surface area (Å²) in [6, 6.07) is 9.03. The molecule has 1 amide bonds. The first-order valence-corrected chi connectivity index (χ1v) is 7.88. The van der Waals surface area contributed by atoms with E-state index in [0.29, 0.717) is 18.5 Å². The van der Waals surface area contributed by atoms with Crippen molar-refractivity contribution in [2.24, 2.45) is 0 Å². The molecule has 0 aromatic heterocycles. The Balaban J connectivity index is 1.71. The number of hydrogen-bond acceptors (Lipinski definition) is 3. The van der Waals surface area contributed by atoms with E-state index < -0.39 is 0 Å². The molecule has 1 aromatic carbocycles. The summed E-state index contributed by atoms with van der Waals surface area (Å²) < 4.78 is 0. The number of piperazine rings is 1. The number of amides is 1. The minimum absolute atomic E-state index is 0.108. The molecule has 4 heteroatoms. The van der Waals surface area contributed by atoms with E-state index in [9.17, 15) is 4.79 Å². The average Bonchev–Trinajstić information content (AvgIpc) is 2.42. The molecular weight excluding hydrogens is 262 g/mol. The molecule has 116 valence electrons. The molecule has 2 unspecified atom stereocenters. The normalized spacial score (nSPS) is 23.0. The van der Waals surface area contributed by atoms with Crippen LogP contribution in [-0.4, -0.2) is 42.5 Å². The maximum atomic E-state index is 12.0. The van der Waals surface area contributed by atoms with Gasteiger partial charge < -0.3 is 10.6 Å². The molecule has 2 atom stereocenters. The summed E-state index contributed by atoms with van der Waals surface area (Å²) in [6.45, 7) is 9.59. The summed E-state index contributed by atoms with van der Waals surface area (Å²) in [6.07, 6.45) is 1.49. The van der Waals surface area contributed by atoms with E-state index in [-0.39, 0.29) is 5.91 Å². The number of anilines is 1. The average molecular weight is 289 g/mol. The van der Waals surface area contributed by atoms with Crippen molar-refractivity contribution in [3.8, 4) is 0 Å². The Morgan fingerprint density at radius 2 is 2.24 bits per heavy atom. The third kappa shape index (κ3) is 5.14. The van der Waals surface area contributed by atoms with Crippen molar-refractivity contribution in [1.29, 1.82) is 0 Å². The van der Waals surface area contributed by atoms with Crippen molar-refractivity contribution in [3.63, 3.8) is 0 Å². The summed E-state index contributed by atoms with van der Waals surface area (Å²) in [5.74, 6) is 0.108. The van der Waals surface area contributed by atoms with Crippen LogP contribution in [0.4, 0.5) is 5.69 Å². The molecule has 1 aliphatic rings. The third-order valence-electron chi connectivity index (χ3n) is 4.04. The van der Waals surface area contributed by atoms with Crippen molar-refractivity contribution in [2.75, 3.05) is 25.0 Å². The molecule has 21 heavy (non-hydrogen) atoms. The van der Waals surface area contributed by atoms with Crippen LogP contribution in [0.15, 0.2) is 24.3 Å². The Hall–Kier alpha value is -1.39. The van der Waals surface area contributed by atoms with E-state index in [0.717, 1.165) is 37.3 Å². The van der Waals surface area contributed by atoms with Gasteiger partial charge in [0.2, 0.25) is 5.91 Å². The van der Waals surface area contributed by atoms with Gasteiger partial charge in [-0.2, -0.15) is 0 Å². The first-order chi connectivity index (χ1) is 10.0. The highest BCUT2D eigenvalue weighted by molar-refractivity contribution is 5.90. The van der Waals surface area contributed by atoms with Gasteiger partial charge in [-0.3, -0.25) is 9.69 Å². The summed E-state index contributed by atoms with van der Waals surface area (Å²) in [5.41, 5.74) is 2.06. The zero-order chi connectivity index (χ0) is 15.2. The van der Waals surface area contributed by atoms with Gasteiger partial charge in [-0.25, -0.2) is 0 Å². The summed E-state index contributed by atoms with van der Waals surface area (Å²) in [4.78, 5) is 14.4. The van der Waals surface area contributed by atoms with Crippen LogP contribution in [0.25, 0.3) is 0 Å². The zero-order valence-electron chi connectivity index (χ0n) is 13.4. The van der Waals surface area contributed by atoms with Gasteiger partial charge in [-0.15, -0.1) is 0 Å². The van der Waals surface area contributed by atoms with E-state index in [2.05, 4.69) is 29.4 Å². The number of rotatable bonds is 5. The maximum Gasteiger partial charge on any atom is 0.224 e. The van der Waals surface area contributed by atoms with Crippen molar-refractivity contribution in [2.45, 2.75) is 45.7 Å². The van der Waals surface area contributed by atoms with E-state index in [1.165, 1.54) is 0 Å². The maximum absolute atomic E-state index is 12.0. The second-order valence-electron chi connectivity index (χ2n) is 6.17. The third-order valence-corrected chi connectivity index (χ3v) is 4.04. The highest BCUT2D eigenvalue weighted by atomic mass is 16.1. The Morgan fingerprint density at radius 1 is 1.43 bits per heavy atom. The number of nitrogens with one attached hydrogen (secondary N) is 2. The lowest BCUT2D eigenvalue weighted by Gasteiger charge is -2.37. The first-order valence-electron chi connectivity index (χ1n) is 7.88. The molecule has 0 spiro atoms. The molecular formula is C17H27N3O. The van der Waals surface area contributed by atoms with Crippen LogP contribution in [0.3, 0.4) is 0 Å². The lowest BCUT2D eigenvalue weighted by molar-refractivity contribution is -0.116. The van der Waals surface area contributed by atoms with Gasteiger partial charge in [0.1, 0.15) is 0 Å². The van der Waals surface area contributed by atoms with Crippen LogP contribution >= 0.6 is 0 Å². The van der Waals surface area contributed by atoms with Gasteiger partial charge in [0.25, 0.3) is 0 Å². The van der Waals surface area contributed by atoms with Crippen molar-refractivity contribution in [1.82, 2.24) is 10.2 Å². The number of hydrogen-bond donors (Lipinski definition) is 2. The fraction of sp³-hybridized carbons (Fsp3) is 0.588. The standard InChI is InChI=1S/C17H27N3O/c1-13-6-4-7-16(10-13)19-17(21)8-5-9-20-12-14(2)18-11-15(20)3/h4,6-7,10,14-15,18H,5,8-9,11-12H2,1-3H3,(H,19,21). The molecule has 0 radical (unpaired) electrons. The summed E-state index contributed by atoms with van der Waals surface area (Å²) >= 11 is 0. The Bertz CT molecular complexity index is 475. The van der Waals surface area contributed by atoms with Crippen LogP contribution in [0, 0.1) is 6.92 Å². The molecule has 1 saturated heterocycles. The first kappa shape index (κ1) is 16.0. The quantitative estimate of drug-likeness (QED) is 0.875. The second-order valence-corrected chi connectivity index (χ2v) is 6.17. The van der Waals surface area contributed by atoms with Crippen molar-refractivity contribution < 1.29 is 4.79 Å². The molecule has 1 aromatic rings. The van der Waals surface area contributed by atoms with Crippen molar-refractivity contribution >= 4 is 11.6 Å². The molecule has 0 aliphatic carbocycles. The van der Waals surface area contributed by atoms with Gasteiger partial charge in [-0.05, 0) is 51.4 Å². The fourth-order valence-corrected chi connectivity index (χ4v) is 2.80. The monoisotopic (exact) mass is 289 g/mol. The predicted molar refractivity (Wildman–Crippen MR) is 87.5 cm³/mol. The molecule has 1 heterocycles. The number of benzene rings is 1. The van der Waals surface area contributed by atoms with E-state index >= 15 is 0 Å². The minimum Gasteiger partial charge on any atom is -0.326 e. The molecule has 0 bridgehead atoms. The van der Waals surface area contributed by atoms with Crippen LogP contribution in [0.2, 0.25) is 0 Å². The van der Waals surface area contributed by atoms with E-state index in [1.54, 1.807) is 0 Å². The topological polar surface area (TPSA) is 44.4 Å². The van der Waals surface area contributed by atoms with Gasteiger partial charge in [0, 0.05) is 37.3 Å². The van der Waals surface area contributed by atoms with Crippen molar-refractivity contribution in [3.05, 3.63) is 29.8 Å². The summed E-state index contributed by atoms with van der Waals surface area (Å²) in [7, 11) is 0. The Labute approximate surface area is 127 Å². The zero-order valence-corrected chi connectivity index (χ0v) is 13.4. The lowest BCUT2D eigenvalue weighted by Crippen LogP contribution is -2.54. The second kappa shape index (κ2) is 7.57. The molecule has 1 fully saturated rings. The molecule has 2 rings (SSSR count). The van der Waals surface area contributed by atoms with Gasteiger partial charge >= 0.3 is 0 Å². The smallest absolute Gasteiger partial charge is 0.224 e. The number of carbonyl (C=O) groups is 1. The summed E-state index contributed by atoms with van der Waals surface area (Å²) in [5, 5.41) is 6.45. The molecule has 4 nitrogen and oxygen atoms in total. The minimum atomic E-state index is 0.108. The van der Waals surface area contributed by atoms with Gasteiger partial charge in [0.15, 0.2) is 0 Å². The number of nitrogens with zero attached hydrogens (tertiary/aromatic N) is 1. The van der Waals surface area contributed by atoms with Gasteiger partial charge in [0.05, 0.1) is 0 Å². The Kier molecular flexibility index (Phi) is 5.76. The highest BCUT2D eigenvalue weighted by Crippen LogP contribution is 2.11. The van der Waals surface area contributed by atoms with Crippen LogP contribution < -0.4 is 10.6 Å². The SMILES string of the molecule is Cc1cccc(NC(=O)CCCN2CC(C)NCC2C)c1. The number of aryl methyl sites for hydroxylation is 1. The number of carbonyl (C=O) groups excluding carboxylic acids is 1. The highest BCUT2D eigenvalue weighted by Gasteiger charge is 2.21. The largest absolute Gasteiger partial charge is 0.326 e. The van der Waals surface area contributed by atoms with Crippen LogP contribution in [0.5, 0.6) is 0 Å².